The van der Waals surface area contributed by atoms with E-state index >= 15 is 0 Å². The van der Waals surface area contributed by atoms with Gasteiger partial charge in [-0.1, -0.05) is 30.3 Å². The zero-order valence-corrected chi connectivity index (χ0v) is 16.4. The fraction of sp³-hybridized carbons (Fsp3) is 0.318. The molecule has 27 heavy (non-hydrogen) atoms. The van der Waals surface area contributed by atoms with Gasteiger partial charge in [-0.15, -0.1) is 11.8 Å². The van der Waals surface area contributed by atoms with Crippen molar-refractivity contribution in [3.8, 4) is 0 Å². The second-order valence-corrected chi connectivity index (χ2v) is 7.64. The van der Waals surface area contributed by atoms with Crippen molar-refractivity contribution < 1.29 is 14.4 Å². The minimum Gasteiger partial charge on any atom is -0.338 e. The second kappa shape index (κ2) is 8.53. The van der Waals surface area contributed by atoms with Crippen molar-refractivity contribution in [1.29, 1.82) is 0 Å². The Morgan fingerprint density at radius 2 is 1.67 bits per heavy atom. The number of rotatable bonds is 5. The first-order valence-electron chi connectivity index (χ1n) is 9.08. The van der Waals surface area contributed by atoms with Crippen molar-refractivity contribution in [2.24, 2.45) is 5.92 Å². The van der Waals surface area contributed by atoms with E-state index in [0.717, 1.165) is 23.3 Å². The monoisotopic (exact) mass is 381 g/mol. The summed E-state index contributed by atoms with van der Waals surface area (Å²) in [7, 11) is 0. The van der Waals surface area contributed by atoms with Crippen LogP contribution in [-0.4, -0.2) is 41.7 Å². The van der Waals surface area contributed by atoms with E-state index in [-0.39, 0.29) is 23.4 Å². The predicted octanol–water partition coefficient (Wildman–Crippen LogP) is 4.35. The van der Waals surface area contributed by atoms with Gasteiger partial charge in [-0.3, -0.25) is 14.4 Å². The van der Waals surface area contributed by atoms with Gasteiger partial charge >= 0.3 is 0 Å². The molecule has 0 bridgehead atoms. The molecule has 0 aromatic heterocycles. The fourth-order valence-electron chi connectivity index (χ4n) is 3.47. The normalized spacial score (nSPS) is 16.8. The summed E-state index contributed by atoms with van der Waals surface area (Å²) in [6.07, 6.45) is 3.58. The Labute approximate surface area is 163 Å². The Kier molecular flexibility index (Phi) is 6.11. The summed E-state index contributed by atoms with van der Waals surface area (Å²) in [5.41, 5.74) is 1.89. The van der Waals surface area contributed by atoms with Crippen LogP contribution in [0.2, 0.25) is 0 Å². The zero-order chi connectivity index (χ0) is 19.4. The lowest BCUT2D eigenvalue weighted by Crippen LogP contribution is -2.42. The van der Waals surface area contributed by atoms with Gasteiger partial charge in [0.2, 0.25) is 0 Å². The van der Waals surface area contributed by atoms with Crippen LogP contribution in [-0.2, 0) is 0 Å². The van der Waals surface area contributed by atoms with Gasteiger partial charge in [0.15, 0.2) is 11.6 Å². The molecule has 1 aliphatic heterocycles. The number of hydrogen-bond donors (Lipinski definition) is 0. The van der Waals surface area contributed by atoms with E-state index in [4.69, 9.17) is 0 Å². The average molecular weight is 381 g/mol. The summed E-state index contributed by atoms with van der Waals surface area (Å²) in [5, 5.41) is 0. The molecule has 140 valence electrons. The number of thioether (sulfide) groups is 1. The first kappa shape index (κ1) is 19.4. The lowest BCUT2D eigenvalue weighted by atomic mass is 9.89. The van der Waals surface area contributed by atoms with E-state index in [1.807, 2.05) is 30.5 Å². The predicted molar refractivity (Wildman–Crippen MR) is 108 cm³/mol. The van der Waals surface area contributed by atoms with E-state index < -0.39 is 0 Å². The standard InChI is InChI=1S/C22H23NO3S/c1-15(24)16-9-11-17(12-10-16)22(26)23-13-5-6-18(14-23)21(25)19-7-3-4-8-20(19)27-2/h3-4,7-12,18H,5-6,13-14H2,1-2H3. The molecule has 1 unspecified atom stereocenters. The summed E-state index contributed by atoms with van der Waals surface area (Å²) in [6.45, 7) is 2.60. The lowest BCUT2D eigenvalue weighted by Gasteiger charge is -2.32. The van der Waals surface area contributed by atoms with Gasteiger partial charge in [0.05, 0.1) is 0 Å². The van der Waals surface area contributed by atoms with Crippen molar-refractivity contribution >= 4 is 29.2 Å². The minimum atomic E-state index is -0.174. The van der Waals surface area contributed by atoms with Crippen LogP contribution in [0.25, 0.3) is 0 Å². The number of nitrogens with zero attached hydrogens (tertiary/aromatic N) is 1. The number of hydrogen-bond acceptors (Lipinski definition) is 4. The summed E-state index contributed by atoms with van der Waals surface area (Å²) in [6, 6.07) is 14.4. The molecule has 1 amide bonds. The summed E-state index contributed by atoms with van der Waals surface area (Å²) in [5.74, 6) is -0.164. The molecule has 0 N–H and O–H groups in total. The highest BCUT2D eigenvalue weighted by Crippen LogP contribution is 2.27. The number of carbonyl (C=O) groups is 3. The van der Waals surface area contributed by atoms with Crippen molar-refractivity contribution in [3.63, 3.8) is 0 Å². The van der Waals surface area contributed by atoms with Gasteiger partial charge in [-0.05, 0) is 44.2 Å². The highest BCUT2D eigenvalue weighted by Gasteiger charge is 2.30. The topological polar surface area (TPSA) is 54.5 Å². The number of carbonyl (C=O) groups excluding carboxylic acids is 3. The Balaban J connectivity index is 1.74. The molecule has 0 spiro atoms. The van der Waals surface area contributed by atoms with E-state index in [2.05, 4.69) is 0 Å². The fourth-order valence-corrected chi connectivity index (χ4v) is 4.08. The largest absolute Gasteiger partial charge is 0.338 e. The SMILES string of the molecule is CSc1ccccc1C(=O)C1CCCN(C(=O)c2ccc(C(C)=O)cc2)C1. The molecule has 0 radical (unpaired) electrons. The van der Waals surface area contributed by atoms with Crippen molar-refractivity contribution in [3.05, 3.63) is 65.2 Å². The molecule has 2 aromatic rings. The van der Waals surface area contributed by atoms with Gasteiger partial charge in [0, 0.05) is 40.6 Å². The summed E-state index contributed by atoms with van der Waals surface area (Å²) >= 11 is 1.57. The third kappa shape index (κ3) is 4.30. The molecule has 3 rings (SSSR count). The number of ketones is 2. The number of Topliss-reactive ketones (excluding diaryl/α,β-unsaturated/α-hetero) is 2. The average Bonchev–Trinajstić information content (AvgIpc) is 2.72. The van der Waals surface area contributed by atoms with E-state index in [0.29, 0.717) is 24.2 Å². The van der Waals surface area contributed by atoms with Gasteiger partial charge < -0.3 is 4.90 Å². The quantitative estimate of drug-likeness (QED) is 0.571. The zero-order valence-electron chi connectivity index (χ0n) is 15.6. The van der Waals surface area contributed by atoms with Crippen molar-refractivity contribution in [2.45, 2.75) is 24.7 Å². The molecule has 2 aromatic carbocycles. The Morgan fingerprint density at radius 3 is 2.33 bits per heavy atom. The van der Waals surface area contributed by atoms with E-state index in [1.165, 1.54) is 6.92 Å². The van der Waals surface area contributed by atoms with Crippen LogP contribution in [0.5, 0.6) is 0 Å². The third-order valence-electron chi connectivity index (χ3n) is 4.99. The number of likely N-dealkylation sites (tertiary alicyclic amines) is 1. The third-order valence-corrected chi connectivity index (χ3v) is 5.79. The van der Waals surface area contributed by atoms with Gasteiger partial charge in [0.25, 0.3) is 5.91 Å². The van der Waals surface area contributed by atoms with Crippen LogP contribution in [0.4, 0.5) is 0 Å². The Hall–Kier alpha value is -2.40. The summed E-state index contributed by atoms with van der Waals surface area (Å²) in [4.78, 5) is 40.0. The first-order chi connectivity index (χ1) is 13.0. The van der Waals surface area contributed by atoms with Crippen molar-refractivity contribution in [1.82, 2.24) is 4.90 Å². The van der Waals surface area contributed by atoms with Crippen LogP contribution in [0.1, 0.15) is 50.8 Å². The maximum absolute atomic E-state index is 13.0. The molecule has 1 aliphatic rings. The molecule has 1 atom stereocenters. The lowest BCUT2D eigenvalue weighted by molar-refractivity contribution is 0.0635. The van der Waals surface area contributed by atoms with Crippen LogP contribution < -0.4 is 0 Å². The first-order valence-corrected chi connectivity index (χ1v) is 10.3. The molecule has 0 saturated carbocycles. The second-order valence-electron chi connectivity index (χ2n) is 6.79. The number of piperidine rings is 1. The minimum absolute atomic E-state index is 0.0231. The van der Waals surface area contributed by atoms with Crippen molar-refractivity contribution in [2.75, 3.05) is 19.3 Å². The highest BCUT2D eigenvalue weighted by molar-refractivity contribution is 7.98. The molecular weight excluding hydrogens is 358 g/mol. The van der Waals surface area contributed by atoms with Crippen LogP contribution >= 0.6 is 11.8 Å². The maximum Gasteiger partial charge on any atom is 0.253 e. The van der Waals surface area contributed by atoms with Gasteiger partial charge in [-0.2, -0.15) is 0 Å². The van der Waals surface area contributed by atoms with Gasteiger partial charge in [-0.25, -0.2) is 0 Å². The number of benzene rings is 2. The van der Waals surface area contributed by atoms with Crippen LogP contribution in [0.15, 0.2) is 53.4 Å². The highest BCUT2D eigenvalue weighted by atomic mass is 32.2. The molecule has 0 aliphatic carbocycles. The molecule has 1 fully saturated rings. The smallest absolute Gasteiger partial charge is 0.253 e. The molecule has 1 heterocycles. The van der Waals surface area contributed by atoms with Gasteiger partial charge in [0.1, 0.15) is 0 Å². The Bertz CT molecular complexity index is 860. The molecule has 4 nitrogen and oxygen atoms in total. The molecule has 5 heteroatoms. The number of amides is 1. The van der Waals surface area contributed by atoms with E-state index in [1.54, 1.807) is 40.9 Å². The van der Waals surface area contributed by atoms with E-state index in [9.17, 15) is 14.4 Å². The van der Waals surface area contributed by atoms with Crippen LogP contribution in [0.3, 0.4) is 0 Å². The van der Waals surface area contributed by atoms with Crippen LogP contribution in [0, 0.1) is 5.92 Å². The maximum atomic E-state index is 13.0. The molecular formula is C22H23NO3S. The molecule has 1 saturated heterocycles. The summed E-state index contributed by atoms with van der Waals surface area (Å²) < 4.78 is 0. The Morgan fingerprint density at radius 1 is 1.00 bits per heavy atom.